The second kappa shape index (κ2) is 6.10. The molecule has 1 amide bonds. The van der Waals surface area contributed by atoms with E-state index in [9.17, 15) is 18.0 Å². The summed E-state index contributed by atoms with van der Waals surface area (Å²) >= 11 is 0. The first-order valence-corrected chi connectivity index (χ1v) is 5.43. The molecule has 0 aliphatic heterocycles. The molecule has 0 aliphatic rings. The van der Waals surface area contributed by atoms with Crippen LogP contribution < -0.4 is 5.32 Å². The standard InChI is InChI=1S/C13H11F3N2O2/c1-8(20-2)11(7-17)12(19)18-10-5-3-9(4-6-10)13(14,15)16/h3-6H,1-2H3,(H,18,19)/b11-8-. The molecule has 1 rings (SSSR count). The number of alkyl halides is 3. The Bertz CT molecular complexity index is 569. The van der Waals surface area contributed by atoms with Gasteiger partial charge in [0.15, 0.2) is 5.57 Å². The number of allylic oxidation sites excluding steroid dienone is 1. The van der Waals surface area contributed by atoms with Crippen LogP contribution in [0, 0.1) is 11.3 Å². The van der Waals surface area contributed by atoms with Gasteiger partial charge in [-0.15, -0.1) is 0 Å². The fourth-order valence-electron chi connectivity index (χ4n) is 1.33. The normalized spacial score (nSPS) is 12.2. The van der Waals surface area contributed by atoms with Crippen LogP contribution in [0.1, 0.15) is 12.5 Å². The fraction of sp³-hybridized carbons (Fsp3) is 0.231. The van der Waals surface area contributed by atoms with Crippen molar-refractivity contribution in [1.82, 2.24) is 0 Å². The van der Waals surface area contributed by atoms with E-state index < -0.39 is 17.6 Å². The van der Waals surface area contributed by atoms with Gasteiger partial charge in [-0.1, -0.05) is 0 Å². The number of anilines is 1. The van der Waals surface area contributed by atoms with Crippen LogP contribution in [0.4, 0.5) is 18.9 Å². The molecule has 4 nitrogen and oxygen atoms in total. The van der Waals surface area contributed by atoms with Crippen molar-refractivity contribution in [3.63, 3.8) is 0 Å². The smallest absolute Gasteiger partial charge is 0.416 e. The van der Waals surface area contributed by atoms with Crippen molar-refractivity contribution >= 4 is 11.6 Å². The van der Waals surface area contributed by atoms with Crippen LogP contribution >= 0.6 is 0 Å². The van der Waals surface area contributed by atoms with Gasteiger partial charge >= 0.3 is 6.18 Å². The van der Waals surface area contributed by atoms with E-state index >= 15 is 0 Å². The van der Waals surface area contributed by atoms with Gasteiger partial charge in [0, 0.05) is 5.69 Å². The Morgan fingerprint density at radius 3 is 2.25 bits per heavy atom. The SMILES string of the molecule is CO/C(C)=C(/C#N)C(=O)Nc1ccc(C(F)(F)F)cc1. The zero-order chi connectivity index (χ0) is 15.3. The van der Waals surface area contributed by atoms with Crippen LogP contribution in [-0.4, -0.2) is 13.0 Å². The molecule has 0 heterocycles. The second-order valence-corrected chi connectivity index (χ2v) is 3.78. The van der Waals surface area contributed by atoms with Gasteiger partial charge in [0.05, 0.1) is 12.7 Å². The predicted octanol–water partition coefficient (Wildman–Crippen LogP) is 3.09. The number of amides is 1. The lowest BCUT2D eigenvalue weighted by Crippen LogP contribution is -2.15. The largest absolute Gasteiger partial charge is 0.500 e. The molecule has 1 aromatic rings. The van der Waals surface area contributed by atoms with Crippen molar-refractivity contribution in [2.45, 2.75) is 13.1 Å². The van der Waals surface area contributed by atoms with E-state index in [2.05, 4.69) is 5.32 Å². The van der Waals surface area contributed by atoms with Crippen molar-refractivity contribution in [2.75, 3.05) is 12.4 Å². The maximum atomic E-state index is 12.4. The summed E-state index contributed by atoms with van der Waals surface area (Å²) in [6, 6.07) is 5.57. The van der Waals surface area contributed by atoms with Crippen molar-refractivity contribution < 1.29 is 22.7 Å². The number of ether oxygens (including phenoxy) is 1. The Morgan fingerprint density at radius 1 is 1.30 bits per heavy atom. The van der Waals surface area contributed by atoms with E-state index in [1.54, 1.807) is 6.07 Å². The van der Waals surface area contributed by atoms with Gasteiger partial charge in [0.1, 0.15) is 11.8 Å². The number of benzene rings is 1. The Labute approximate surface area is 113 Å². The second-order valence-electron chi connectivity index (χ2n) is 3.78. The third-order valence-electron chi connectivity index (χ3n) is 2.47. The monoisotopic (exact) mass is 284 g/mol. The third-order valence-corrected chi connectivity index (χ3v) is 2.47. The first-order valence-electron chi connectivity index (χ1n) is 5.43. The summed E-state index contributed by atoms with van der Waals surface area (Å²) in [6.07, 6.45) is -4.44. The molecule has 0 atom stereocenters. The number of hydrogen-bond donors (Lipinski definition) is 1. The number of nitrogens with zero attached hydrogens (tertiary/aromatic N) is 1. The number of carbonyl (C=O) groups is 1. The van der Waals surface area contributed by atoms with E-state index in [-0.39, 0.29) is 17.0 Å². The Balaban J connectivity index is 2.90. The van der Waals surface area contributed by atoms with Gasteiger partial charge in [0.2, 0.25) is 0 Å². The van der Waals surface area contributed by atoms with Crippen molar-refractivity contribution in [3.8, 4) is 6.07 Å². The number of nitrogens with one attached hydrogen (secondary N) is 1. The minimum Gasteiger partial charge on any atom is -0.500 e. The third kappa shape index (κ3) is 3.75. The number of rotatable bonds is 3. The number of methoxy groups -OCH3 is 1. The molecular weight excluding hydrogens is 273 g/mol. The van der Waals surface area contributed by atoms with Gasteiger partial charge in [0.25, 0.3) is 5.91 Å². The molecule has 0 aromatic heterocycles. The maximum Gasteiger partial charge on any atom is 0.416 e. The molecule has 0 saturated carbocycles. The molecule has 20 heavy (non-hydrogen) atoms. The highest BCUT2D eigenvalue weighted by atomic mass is 19.4. The molecule has 1 aromatic carbocycles. The molecule has 0 unspecified atom stereocenters. The molecule has 0 aliphatic carbocycles. The van der Waals surface area contributed by atoms with Crippen molar-refractivity contribution in [1.29, 1.82) is 5.26 Å². The molecule has 0 spiro atoms. The quantitative estimate of drug-likeness (QED) is 0.527. The van der Waals surface area contributed by atoms with Crippen LogP contribution in [0.3, 0.4) is 0 Å². The van der Waals surface area contributed by atoms with Crippen LogP contribution in [0.25, 0.3) is 0 Å². The molecular formula is C13H11F3N2O2. The highest BCUT2D eigenvalue weighted by Gasteiger charge is 2.30. The Morgan fingerprint density at radius 2 is 1.85 bits per heavy atom. The van der Waals surface area contributed by atoms with E-state index in [0.717, 1.165) is 24.3 Å². The number of carbonyl (C=O) groups excluding carboxylic acids is 1. The van der Waals surface area contributed by atoms with Gasteiger partial charge in [-0.25, -0.2) is 0 Å². The number of nitriles is 1. The minimum atomic E-state index is -4.44. The summed E-state index contributed by atoms with van der Waals surface area (Å²) in [5.41, 5.74) is -0.910. The minimum absolute atomic E-state index is 0.122. The van der Waals surface area contributed by atoms with Crippen molar-refractivity contribution in [2.24, 2.45) is 0 Å². The lowest BCUT2D eigenvalue weighted by atomic mass is 10.2. The van der Waals surface area contributed by atoms with Crippen LogP contribution in [-0.2, 0) is 15.7 Å². The maximum absolute atomic E-state index is 12.4. The molecule has 0 bridgehead atoms. The topological polar surface area (TPSA) is 62.1 Å². The molecule has 0 fully saturated rings. The van der Waals surface area contributed by atoms with Crippen LogP contribution in [0.2, 0.25) is 0 Å². The van der Waals surface area contributed by atoms with Gasteiger partial charge < -0.3 is 10.1 Å². The van der Waals surface area contributed by atoms with Crippen LogP contribution in [0.5, 0.6) is 0 Å². The summed E-state index contributed by atoms with van der Waals surface area (Å²) in [6.45, 7) is 1.44. The Hall–Kier alpha value is -2.49. The van der Waals surface area contributed by atoms with Gasteiger partial charge in [-0.3, -0.25) is 4.79 Å². The molecule has 7 heteroatoms. The zero-order valence-electron chi connectivity index (χ0n) is 10.7. The van der Waals surface area contributed by atoms with Gasteiger partial charge in [-0.05, 0) is 31.2 Å². The van der Waals surface area contributed by atoms with Gasteiger partial charge in [-0.2, -0.15) is 18.4 Å². The average Bonchev–Trinajstić information content (AvgIpc) is 2.38. The summed E-state index contributed by atoms with van der Waals surface area (Å²) < 4.78 is 41.9. The van der Waals surface area contributed by atoms with Crippen LogP contribution in [0.15, 0.2) is 35.6 Å². The summed E-state index contributed by atoms with van der Waals surface area (Å²) in [5.74, 6) is -0.622. The molecule has 0 radical (unpaired) electrons. The number of hydrogen-bond acceptors (Lipinski definition) is 3. The summed E-state index contributed by atoms with van der Waals surface area (Å²) in [7, 11) is 1.30. The predicted molar refractivity (Wildman–Crippen MR) is 65.4 cm³/mol. The van der Waals surface area contributed by atoms with E-state index in [1.165, 1.54) is 14.0 Å². The lowest BCUT2D eigenvalue weighted by molar-refractivity contribution is -0.137. The molecule has 1 N–H and O–H groups in total. The summed E-state index contributed by atoms with van der Waals surface area (Å²) in [4.78, 5) is 11.7. The highest BCUT2D eigenvalue weighted by molar-refractivity contribution is 6.06. The van der Waals surface area contributed by atoms with Crippen molar-refractivity contribution in [3.05, 3.63) is 41.2 Å². The first kappa shape index (κ1) is 15.6. The first-order chi connectivity index (χ1) is 9.29. The highest BCUT2D eigenvalue weighted by Crippen LogP contribution is 2.29. The zero-order valence-corrected chi connectivity index (χ0v) is 10.7. The molecule has 0 saturated heterocycles. The number of halogens is 3. The van der Waals surface area contributed by atoms with E-state index in [1.807, 2.05) is 0 Å². The Kier molecular flexibility index (Phi) is 4.75. The average molecular weight is 284 g/mol. The van der Waals surface area contributed by atoms with E-state index in [0.29, 0.717) is 0 Å². The lowest BCUT2D eigenvalue weighted by Gasteiger charge is -2.09. The molecule has 106 valence electrons. The fourth-order valence-corrected chi connectivity index (χ4v) is 1.33. The van der Waals surface area contributed by atoms with E-state index in [4.69, 9.17) is 10.00 Å². The summed E-state index contributed by atoms with van der Waals surface area (Å²) in [5, 5.41) is 11.1.